The van der Waals surface area contributed by atoms with Crippen LogP contribution in [0.1, 0.15) is 5.82 Å². The van der Waals surface area contributed by atoms with Crippen LogP contribution < -0.4 is 9.30 Å². The van der Waals surface area contributed by atoms with Crippen molar-refractivity contribution in [1.82, 2.24) is 19.5 Å². The van der Waals surface area contributed by atoms with E-state index in [1.54, 1.807) is 6.92 Å². The van der Waals surface area contributed by atoms with Crippen LogP contribution in [0, 0.1) is 6.92 Å². The van der Waals surface area contributed by atoms with Gasteiger partial charge in [0.2, 0.25) is 11.6 Å². The Bertz CT molecular complexity index is 498. The van der Waals surface area contributed by atoms with Crippen molar-refractivity contribution < 1.29 is 9.30 Å². The van der Waals surface area contributed by atoms with Gasteiger partial charge in [0.25, 0.3) is 0 Å². The SMILES string of the molecule is Br.Cc1nc(Cl)nc(OCCn2cc[n+](C)c2)n1. The zero-order chi connectivity index (χ0) is 12.3. The summed E-state index contributed by atoms with van der Waals surface area (Å²) in [5, 5.41) is 0.153. The molecule has 0 aromatic carbocycles. The first kappa shape index (κ1) is 14.8. The standard InChI is InChI=1S/C10H13ClN5O.BrH/c1-8-12-9(11)14-10(13-8)17-6-5-16-4-3-15(2)7-16;/h3-4,7H,5-6H2,1-2H3;1H/q+1;. The van der Waals surface area contributed by atoms with Gasteiger partial charge in [0.05, 0.1) is 7.05 Å². The van der Waals surface area contributed by atoms with Crippen molar-refractivity contribution in [2.45, 2.75) is 13.5 Å². The van der Waals surface area contributed by atoms with Crippen LogP contribution in [0.15, 0.2) is 18.7 Å². The molecule has 0 fully saturated rings. The van der Waals surface area contributed by atoms with Crippen molar-refractivity contribution in [2.75, 3.05) is 6.61 Å². The second kappa shape index (κ2) is 6.65. The molecule has 0 aliphatic heterocycles. The molecule has 2 rings (SSSR count). The highest BCUT2D eigenvalue weighted by Gasteiger charge is 2.04. The maximum atomic E-state index is 5.70. The average molecular weight is 336 g/mol. The fraction of sp³-hybridized carbons (Fsp3) is 0.400. The average Bonchev–Trinajstić information content (AvgIpc) is 2.63. The van der Waals surface area contributed by atoms with Gasteiger partial charge in [0.1, 0.15) is 31.4 Å². The Labute approximate surface area is 120 Å². The molecule has 0 saturated heterocycles. The quantitative estimate of drug-likeness (QED) is 0.786. The molecule has 0 aliphatic carbocycles. The molecule has 0 amide bonds. The predicted molar refractivity (Wildman–Crippen MR) is 71.0 cm³/mol. The first-order valence-corrected chi connectivity index (χ1v) is 5.53. The van der Waals surface area contributed by atoms with Crippen molar-refractivity contribution in [3.8, 4) is 6.01 Å². The minimum atomic E-state index is 0. The Kier molecular flexibility index (Phi) is 5.49. The third kappa shape index (κ3) is 4.23. The Morgan fingerprint density at radius 1 is 1.39 bits per heavy atom. The van der Waals surface area contributed by atoms with Gasteiger partial charge in [-0.1, -0.05) is 0 Å². The molecule has 0 radical (unpaired) electrons. The molecule has 0 unspecified atom stereocenters. The van der Waals surface area contributed by atoms with E-state index < -0.39 is 0 Å². The molecule has 0 spiro atoms. The molecule has 2 heterocycles. The highest BCUT2D eigenvalue weighted by atomic mass is 79.9. The van der Waals surface area contributed by atoms with Crippen LogP contribution in [0.25, 0.3) is 0 Å². The van der Waals surface area contributed by atoms with E-state index in [4.69, 9.17) is 16.3 Å². The number of aromatic nitrogens is 5. The molecule has 8 heteroatoms. The second-order valence-electron chi connectivity index (χ2n) is 3.60. The van der Waals surface area contributed by atoms with Crippen molar-refractivity contribution in [2.24, 2.45) is 7.05 Å². The Balaban J connectivity index is 0.00000162. The van der Waals surface area contributed by atoms with Gasteiger partial charge in [-0.15, -0.1) is 17.0 Å². The molecule has 6 nitrogen and oxygen atoms in total. The molecular formula is C10H14BrClN5O+. The third-order valence-electron chi connectivity index (χ3n) is 2.10. The second-order valence-corrected chi connectivity index (χ2v) is 3.94. The lowest BCUT2D eigenvalue weighted by Crippen LogP contribution is -2.24. The largest absolute Gasteiger partial charge is 0.459 e. The zero-order valence-electron chi connectivity index (χ0n) is 10.1. The molecule has 2 aromatic rings. The first-order chi connectivity index (χ1) is 8.13. The fourth-order valence-corrected chi connectivity index (χ4v) is 1.56. The molecule has 0 aliphatic rings. The van der Waals surface area contributed by atoms with Crippen LogP contribution in [-0.2, 0) is 13.6 Å². The van der Waals surface area contributed by atoms with Crippen LogP contribution in [0.5, 0.6) is 6.01 Å². The monoisotopic (exact) mass is 334 g/mol. The van der Waals surface area contributed by atoms with Crippen LogP contribution in [-0.4, -0.2) is 26.1 Å². The van der Waals surface area contributed by atoms with E-state index in [-0.39, 0.29) is 28.3 Å². The van der Waals surface area contributed by atoms with Crippen LogP contribution in [0.2, 0.25) is 5.28 Å². The maximum Gasteiger partial charge on any atom is 0.321 e. The molecule has 98 valence electrons. The number of hydrogen-bond acceptors (Lipinski definition) is 4. The summed E-state index contributed by atoms with van der Waals surface area (Å²) in [7, 11) is 1.96. The Morgan fingerprint density at radius 2 is 2.17 bits per heavy atom. The number of halogens is 2. The molecule has 0 atom stereocenters. The number of imidazole rings is 1. The lowest BCUT2D eigenvalue weighted by molar-refractivity contribution is -0.671. The molecular weight excluding hydrogens is 322 g/mol. The summed E-state index contributed by atoms with van der Waals surface area (Å²) in [5.74, 6) is 0.548. The maximum absolute atomic E-state index is 5.70. The van der Waals surface area contributed by atoms with Gasteiger partial charge >= 0.3 is 6.01 Å². The summed E-state index contributed by atoms with van der Waals surface area (Å²) in [4.78, 5) is 11.8. The smallest absolute Gasteiger partial charge is 0.321 e. The lowest BCUT2D eigenvalue weighted by Gasteiger charge is -2.03. The summed E-state index contributed by atoms with van der Waals surface area (Å²) in [5.41, 5.74) is 0. The topological polar surface area (TPSA) is 56.7 Å². The molecule has 2 aromatic heterocycles. The summed E-state index contributed by atoms with van der Waals surface area (Å²) in [6, 6.07) is 0.263. The fourth-order valence-electron chi connectivity index (χ4n) is 1.37. The van der Waals surface area contributed by atoms with E-state index >= 15 is 0 Å². The number of ether oxygens (including phenoxy) is 1. The number of rotatable bonds is 4. The van der Waals surface area contributed by atoms with Gasteiger partial charge in [-0.05, 0) is 18.5 Å². The highest BCUT2D eigenvalue weighted by molar-refractivity contribution is 8.93. The van der Waals surface area contributed by atoms with Gasteiger partial charge in [-0.3, -0.25) is 0 Å². The van der Waals surface area contributed by atoms with Gasteiger partial charge < -0.3 is 4.74 Å². The van der Waals surface area contributed by atoms with E-state index in [1.165, 1.54) is 0 Å². The molecule has 0 saturated carbocycles. The molecule has 0 N–H and O–H groups in total. The van der Waals surface area contributed by atoms with Crippen LogP contribution in [0.3, 0.4) is 0 Å². The van der Waals surface area contributed by atoms with Crippen molar-refractivity contribution in [3.63, 3.8) is 0 Å². The third-order valence-corrected chi connectivity index (χ3v) is 2.27. The van der Waals surface area contributed by atoms with E-state index in [2.05, 4.69) is 15.0 Å². The zero-order valence-corrected chi connectivity index (χ0v) is 12.5. The summed E-state index contributed by atoms with van der Waals surface area (Å²) in [6.07, 6.45) is 5.90. The summed E-state index contributed by atoms with van der Waals surface area (Å²) >= 11 is 5.70. The summed E-state index contributed by atoms with van der Waals surface area (Å²) < 4.78 is 9.38. The van der Waals surface area contributed by atoms with E-state index in [0.29, 0.717) is 12.4 Å². The lowest BCUT2D eigenvalue weighted by atomic mass is 10.6. The normalized spacial score (nSPS) is 9.94. The van der Waals surface area contributed by atoms with Gasteiger partial charge in [0, 0.05) is 0 Å². The number of aryl methyl sites for hydroxylation is 2. The van der Waals surface area contributed by atoms with Crippen LogP contribution in [0.4, 0.5) is 0 Å². The van der Waals surface area contributed by atoms with Crippen molar-refractivity contribution >= 4 is 28.6 Å². The Hall–Kier alpha value is -1.21. The molecule has 18 heavy (non-hydrogen) atoms. The minimum Gasteiger partial charge on any atom is -0.459 e. The van der Waals surface area contributed by atoms with E-state index in [9.17, 15) is 0 Å². The number of nitrogens with zero attached hydrogens (tertiary/aromatic N) is 5. The number of hydrogen-bond donors (Lipinski definition) is 0. The van der Waals surface area contributed by atoms with Crippen molar-refractivity contribution in [1.29, 1.82) is 0 Å². The van der Waals surface area contributed by atoms with E-state index in [1.807, 2.05) is 34.9 Å². The molecule has 0 bridgehead atoms. The summed E-state index contributed by atoms with van der Waals surface area (Å²) in [6.45, 7) is 2.95. The van der Waals surface area contributed by atoms with Gasteiger partial charge in [-0.2, -0.15) is 9.97 Å². The van der Waals surface area contributed by atoms with Gasteiger partial charge in [-0.25, -0.2) is 14.1 Å². The van der Waals surface area contributed by atoms with Gasteiger partial charge in [0.15, 0.2) is 0 Å². The van der Waals surface area contributed by atoms with E-state index in [0.717, 1.165) is 6.54 Å². The first-order valence-electron chi connectivity index (χ1n) is 5.15. The highest BCUT2D eigenvalue weighted by Crippen LogP contribution is 2.07. The predicted octanol–water partition coefficient (Wildman–Crippen LogP) is 1.12. The van der Waals surface area contributed by atoms with Crippen LogP contribution >= 0.6 is 28.6 Å². The van der Waals surface area contributed by atoms with Crippen molar-refractivity contribution in [3.05, 3.63) is 29.8 Å². The Morgan fingerprint density at radius 3 is 2.78 bits per heavy atom. The minimum absolute atomic E-state index is 0.